The molecule has 1 rings (SSSR count). The van der Waals surface area contributed by atoms with Crippen LogP contribution in [0.4, 0.5) is 13.2 Å². The van der Waals surface area contributed by atoms with Gasteiger partial charge in [-0.15, -0.1) is 0 Å². The minimum atomic E-state index is -4.35. The lowest BCUT2D eigenvalue weighted by atomic mass is 10.1. The van der Waals surface area contributed by atoms with Crippen molar-refractivity contribution in [2.75, 3.05) is 7.11 Å². The van der Waals surface area contributed by atoms with Gasteiger partial charge in [0, 0.05) is 12.1 Å². The van der Waals surface area contributed by atoms with Crippen molar-refractivity contribution in [1.82, 2.24) is 0 Å². The first-order chi connectivity index (χ1) is 8.38. The lowest BCUT2D eigenvalue weighted by Gasteiger charge is -2.17. The lowest BCUT2D eigenvalue weighted by molar-refractivity contribution is -0.217. The van der Waals surface area contributed by atoms with E-state index in [0.29, 0.717) is 17.9 Å². The molecule has 102 valence electrons. The highest BCUT2D eigenvalue weighted by Gasteiger charge is 2.36. The summed E-state index contributed by atoms with van der Waals surface area (Å²) in [5.74, 6) is 0.554. The molecule has 0 aliphatic carbocycles. The Morgan fingerprint density at radius 3 is 2.50 bits per heavy atom. The molecule has 0 radical (unpaired) electrons. The first-order valence-corrected chi connectivity index (χ1v) is 5.42. The van der Waals surface area contributed by atoms with E-state index in [9.17, 15) is 13.2 Å². The Morgan fingerprint density at radius 2 is 2.00 bits per heavy atom. The second-order valence-electron chi connectivity index (χ2n) is 3.85. The molecule has 0 heterocycles. The summed E-state index contributed by atoms with van der Waals surface area (Å²) < 4.78 is 46.6. The molecule has 1 aromatic carbocycles. The lowest BCUT2D eigenvalue weighted by Crippen LogP contribution is -2.28. The third-order valence-corrected chi connectivity index (χ3v) is 2.53. The van der Waals surface area contributed by atoms with Gasteiger partial charge in [-0.05, 0) is 18.6 Å². The minimum absolute atomic E-state index is 0.123. The van der Waals surface area contributed by atoms with Gasteiger partial charge in [-0.2, -0.15) is 13.2 Å². The first kappa shape index (κ1) is 14.8. The zero-order valence-corrected chi connectivity index (χ0v) is 10.3. The largest absolute Gasteiger partial charge is 0.496 e. The Bertz CT molecular complexity index is 393. The summed E-state index contributed by atoms with van der Waals surface area (Å²) in [4.78, 5) is 0. The first-order valence-electron chi connectivity index (χ1n) is 5.42. The fourth-order valence-electron chi connectivity index (χ4n) is 1.36. The molecule has 0 saturated heterocycles. The molecule has 0 amide bonds. The molecule has 2 N–H and O–H groups in total. The molecule has 0 saturated carbocycles. The van der Waals surface area contributed by atoms with Crippen LogP contribution in [-0.4, -0.2) is 19.4 Å². The van der Waals surface area contributed by atoms with Crippen LogP contribution in [0.3, 0.4) is 0 Å². The average molecular weight is 263 g/mol. The third kappa shape index (κ3) is 3.89. The summed E-state index contributed by atoms with van der Waals surface area (Å²) in [5, 5.41) is 0. The van der Waals surface area contributed by atoms with Crippen LogP contribution >= 0.6 is 0 Å². The predicted molar refractivity (Wildman–Crippen MR) is 61.2 cm³/mol. The van der Waals surface area contributed by atoms with E-state index in [-0.39, 0.29) is 6.61 Å². The SMILES string of the molecule is COc1cc(COC(C)C(F)(F)F)ccc1CN. The summed E-state index contributed by atoms with van der Waals surface area (Å²) in [7, 11) is 1.48. The maximum atomic E-state index is 12.2. The van der Waals surface area contributed by atoms with Crippen LogP contribution in [0.1, 0.15) is 18.1 Å². The van der Waals surface area contributed by atoms with Crippen LogP contribution in [0.15, 0.2) is 18.2 Å². The molecule has 6 heteroatoms. The van der Waals surface area contributed by atoms with Crippen LogP contribution in [0.2, 0.25) is 0 Å². The summed E-state index contributed by atoms with van der Waals surface area (Å²) >= 11 is 0. The second-order valence-corrected chi connectivity index (χ2v) is 3.85. The average Bonchev–Trinajstić information content (AvgIpc) is 2.34. The molecule has 1 atom stereocenters. The third-order valence-electron chi connectivity index (χ3n) is 2.53. The van der Waals surface area contributed by atoms with Gasteiger partial charge in [-0.25, -0.2) is 0 Å². The number of rotatable bonds is 5. The summed E-state index contributed by atoms with van der Waals surface area (Å²) in [6.45, 7) is 1.16. The monoisotopic (exact) mass is 263 g/mol. The molecule has 0 aliphatic rings. The zero-order chi connectivity index (χ0) is 13.8. The molecule has 0 aliphatic heterocycles. The molecule has 18 heavy (non-hydrogen) atoms. The van der Waals surface area contributed by atoms with Crippen molar-refractivity contribution in [1.29, 1.82) is 0 Å². The molecule has 3 nitrogen and oxygen atoms in total. The number of nitrogens with two attached hydrogens (primary N) is 1. The fraction of sp³-hybridized carbons (Fsp3) is 0.500. The topological polar surface area (TPSA) is 44.5 Å². The number of hydrogen-bond acceptors (Lipinski definition) is 3. The standard InChI is InChI=1S/C12H16F3NO2/c1-8(12(13,14)15)18-7-9-3-4-10(6-16)11(5-9)17-2/h3-5,8H,6-7,16H2,1-2H3. The van der Waals surface area contributed by atoms with Crippen molar-refractivity contribution in [2.45, 2.75) is 32.4 Å². The van der Waals surface area contributed by atoms with Gasteiger partial charge in [0.25, 0.3) is 0 Å². The van der Waals surface area contributed by atoms with Gasteiger partial charge in [0.1, 0.15) is 5.75 Å². The van der Waals surface area contributed by atoms with Crippen molar-refractivity contribution in [3.05, 3.63) is 29.3 Å². The van der Waals surface area contributed by atoms with Crippen molar-refractivity contribution in [2.24, 2.45) is 5.73 Å². The van der Waals surface area contributed by atoms with E-state index in [1.807, 2.05) is 0 Å². The second kappa shape index (κ2) is 6.06. The van der Waals surface area contributed by atoms with E-state index in [1.54, 1.807) is 18.2 Å². The number of benzene rings is 1. The number of hydrogen-bond donors (Lipinski definition) is 1. The highest BCUT2D eigenvalue weighted by Crippen LogP contribution is 2.25. The van der Waals surface area contributed by atoms with Crippen LogP contribution in [-0.2, 0) is 17.9 Å². The molecular weight excluding hydrogens is 247 g/mol. The van der Waals surface area contributed by atoms with Crippen LogP contribution in [0.25, 0.3) is 0 Å². The maximum absolute atomic E-state index is 12.2. The van der Waals surface area contributed by atoms with Crippen molar-refractivity contribution in [3.8, 4) is 5.75 Å². The van der Waals surface area contributed by atoms with Gasteiger partial charge in [-0.1, -0.05) is 12.1 Å². The fourth-order valence-corrected chi connectivity index (χ4v) is 1.36. The number of ether oxygens (including phenoxy) is 2. The maximum Gasteiger partial charge on any atom is 0.414 e. The Labute approximate surface area is 104 Å². The van der Waals surface area contributed by atoms with Gasteiger partial charge < -0.3 is 15.2 Å². The normalized spacial score (nSPS) is 13.4. The summed E-state index contributed by atoms with van der Waals surface area (Å²) in [6.07, 6.45) is -6.14. The van der Waals surface area contributed by atoms with Gasteiger partial charge >= 0.3 is 6.18 Å². The predicted octanol–water partition coefficient (Wildman–Crippen LogP) is 2.62. The Morgan fingerprint density at radius 1 is 1.33 bits per heavy atom. The van der Waals surface area contributed by atoms with E-state index in [1.165, 1.54) is 7.11 Å². The van der Waals surface area contributed by atoms with Gasteiger partial charge in [-0.3, -0.25) is 0 Å². The van der Waals surface area contributed by atoms with Crippen LogP contribution in [0, 0.1) is 0 Å². The molecule has 1 aromatic rings. The van der Waals surface area contributed by atoms with E-state index < -0.39 is 12.3 Å². The van der Waals surface area contributed by atoms with Crippen LogP contribution < -0.4 is 10.5 Å². The Hall–Kier alpha value is -1.27. The van der Waals surface area contributed by atoms with E-state index >= 15 is 0 Å². The van der Waals surface area contributed by atoms with Crippen molar-refractivity contribution >= 4 is 0 Å². The smallest absolute Gasteiger partial charge is 0.414 e. The summed E-state index contributed by atoms with van der Waals surface area (Å²) in [5.41, 5.74) is 6.90. The van der Waals surface area contributed by atoms with E-state index in [0.717, 1.165) is 12.5 Å². The highest BCUT2D eigenvalue weighted by molar-refractivity contribution is 5.37. The number of halogens is 3. The van der Waals surface area contributed by atoms with E-state index in [4.69, 9.17) is 15.2 Å². The Balaban J connectivity index is 2.69. The van der Waals surface area contributed by atoms with Gasteiger partial charge in [0.2, 0.25) is 0 Å². The minimum Gasteiger partial charge on any atom is -0.496 e. The zero-order valence-electron chi connectivity index (χ0n) is 10.3. The summed E-state index contributed by atoms with van der Waals surface area (Å²) in [6, 6.07) is 5.02. The van der Waals surface area contributed by atoms with Gasteiger partial charge in [0.15, 0.2) is 6.10 Å². The Kier molecular flexibility index (Phi) is 4.98. The molecular formula is C12H16F3NO2. The number of methoxy groups -OCH3 is 1. The van der Waals surface area contributed by atoms with Crippen molar-refractivity contribution < 1.29 is 22.6 Å². The highest BCUT2D eigenvalue weighted by atomic mass is 19.4. The van der Waals surface area contributed by atoms with Crippen molar-refractivity contribution in [3.63, 3.8) is 0 Å². The number of alkyl halides is 3. The molecule has 0 bridgehead atoms. The molecule has 0 fully saturated rings. The van der Waals surface area contributed by atoms with E-state index in [2.05, 4.69) is 0 Å². The van der Waals surface area contributed by atoms with Gasteiger partial charge in [0.05, 0.1) is 13.7 Å². The molecule has 0 aromatic heterocycles. The van der Waals surface area contributed by atoms with Crippen LogP contribution in [0.5, 0.6) is 5.75 Å². The molecule has 0 spiro atoms. The molecule has 1 unspecified atom stereocenters. The quantitative estimate of drug-likeness (QED) is 0.888.